The summed E-state index contributed by atoms with van der Waals surface area (Å²) in [5.41, 5.74) is 0.727. The zero-order valence-corrected chi connectivity index (χ0v) is 15.1. The van der Waals surface area contributed by atoms with Crippen molar-refractivity contribution in [2.75, 3.05) is 14.2 Å². The topological polar surface area (TPSA) is 79.3 Å². The Morgan fingerprint density at radius 2 is 1.88 bits per heavy atom. The molecule has 4 rings (SSSR count). The quantitative estimate of drug-likeness (QED) is 0.831. The van der Waals surface area contributed by atoms with Crippen molar-refractivity contribution in [3.63, 3.8) is 0 Å². The summed E-state index contributed by atoms with van der Waals surface area (Å²) in [7, 11) is 3.20. The number of methoxy groups -OCH3 is 1. The Hall–Kier alpha value is -2.12. The molecule has 3 fully saturated rings. The Morgan fingerprint density at radius 1 is 1.15 bits per heavy atom. The Balaban J connectivity index is 1.65. The van der Waals surface area contributed by atoms with Gasteiger partial charge in [-0.2, -0.15) is 5.06 Å². The number of imide groups is 1. The highest BCUT2D eigenvalue weighted by Gasteiger charge is 2.60. The zero-order valence-electron chi connectivity index (χ0n) is 15.1. The lowest BCUT2D eigenvalue weighted by molar-refractivity contribution is -0.172. The summed E-state index contributed by atoms with van der Waals surface area (Å²) in [5, 5.41) is 11.7. The van der Waals surface area contributed by atoms with E-state index in [0.29, 0.717) is 5.75 Å². The van der Waals surface area contributed by atoms with E-state index in [-0.39, 0.29) is 23.6 Å². The van der Waals surface area contributed by atoms with Crippen LogP contribution in [-0.2, 0) is 14.4 Å². The summed E-state index contributed by atoms with van der Waals surface area (Å²) < 4.78 is 5.09. The molecule has 140 valence electrons. The standard InChI is InChI=1S/C19H24N2O5/c1-20-16(11-8-9-14(25-2)13(22)10-11)15-17(26-20)19(24)21(18(15)23)12-6-4-3-5-7-12/h8-10,12,15-17,22H,3-7H2,1-2H3. The Labute approximate surface area is 152 Å². The molecule has 2 aliphatic heterocycles. The van der Waals surface area contributed by atoms with Gasteiger partial charge in [0.1, 0.15) is 0 Å². The predicted octanol–water partition coefficient (Wildman–Crippen LogP) is 2.01. The van der Waals surface area contributed by atoms with Crippen LogP contribution in [0.15, 0.2) is 18.2 Å². The Morgan fingerprint density at radius 3 is 2.54 bits per heavy atom. The molecule has 3 aliphatic rings. The van der Waals surface area contributed by atoms with Crippen molar-refractivity contribution in [2.45, 2.75) is 50.3 Å². The third-order valence-electron chi connectivity index (χ3n) is 5.83. The molecule has 7 nitrogen and oxygen atoms in total. The number of carbonyl (C=O) groups excluding carboxylic acids is 2. The summed E-state index contributed by atoms with van der Waals surface area (Å²) in [6.45, 7) is 0. The molecule has 3 unspecified atom stereocenters. The van der Waals surface area contributed by atoms with Crippen LogP contribution in [0.1, 0.15) is 43.7 Å². The van der Waals surface area contributed by atoms with Gasteiger partial charge in [0.25, 0.3) is 5.91 Å². The van der Waals surface area contributed by atoms with Gasteiger partial charge in [-0.05, 0) is 30.5 Å². The van der Waals surface area contributed by atoms with Crippen molar-refractivity contribution in [2.24, 2.45) is 5.92 Å². The molecular formula is C19H24N2O5. The third-order valence-corrected chi connectivity index (χ3v) is 5.83. The molecule has 2 saturated heterocycles. The van der Waals surface area contributed by atoms with Crippen molar-refractivity contribution >= 4 is 11.8 Å². The molecular weight excluding hydrogens is 336 g/mol. The van der Waals surface area contributed by atoms with E-state index < -0.39 is 18.1 Å². The second-order valence-electron chi connectivity index (χ2n) is 7.31. The highest BCUT2D eigenvalue weighted by Crippen LogP contribution is 2.46. The Bertz CT molecular complexity index is 731. The first-order valence-corrected chi connectivity index (χ1v) is 9.16. The van der Waals surface area contributed by atoms with E-state index >= 15 is 0 Å². The Kier molecular flexibility index (Phi) is 4.36. The molecule has 1 aromatic carbocycles. The van der Waals surface area contributed by atoms with E-state index in [2.05, 4.69) is 0 Å². The molecule has 0 radical (unpaired) electrons. The van der Waals surface area contributed by atoms with Crippen LogP contribution in [0.25, 0.3) is 0 Å². The largest absolute Gasteiger partial charge is 0.504 e. The lowest BCUT2D eigenvalue weighted by Gasteiger charge is -2.31. The van der Waals surface area contributed by atoms with Gasteiger partial charge >= 0.3 is 0 Å². The van der Waals surface area contributed by atoms with E-state index in [4.69, 9.17) is 9.57 Å². The van der Waals surface area contributed by atoms with Crippen molar-refractivity contribution in [3.05, 3.63) is 23.8 Å². The first-order chi connectivity index (χ1) is 12.5. The number of hydroxylamine groups is 2. The van der Waals surface area contributed by atoms with Crippen LogP contribution in [0, 0.1) is 5.92 Å². The maximum Gasteiger partial charge on any atom is 0.261 e. The lowest BCUT2D eigenvalue weighted by atomic mass is 9.90. The minimum absolute atomic E-state index is 0.00255. The number of aromatic hydroxyl groups is 1. The highest BCUT2D eigenvalue weighted by atomic mass is 16.7. The highest BCUT2D eigenvalue weighted by molar-refractivity contribution is 6.07. The second-order valence-corrected chi connectivity index (χ2v) is 7.31. The molecule has 1 aromatic rings. The van der Waals surface area contributed by atoms with Gasteiger partial charge < -0.3 is 9.84 Å². The van der Waals surface area contributed by atoms with Gasteiger partial charge in [0.15, 0.2) is 17.6 Å². The van der Waals surface area contributed by atoms with Crippen LogP contribution in [0.3, 0.4) is 0 Å². The molecule has 0 bridgehead atoms. The molecule has 1 N–H and O–H groups in total. The summed E-state index contributed by atoms with van der Waals surface area (Å²) in [4.78, 5) is 33.2. The molecule has 7 heteroatoms. The van der Waals surface area contributed by atoms with Crippen LogP contribution in [0.2, 0.25) is 0 Å². The van der Waals surface area contributed by atoms with Gasteiger partial charge in [0.05, 0.1) is 19.1 Å². The number of hydrogen-bond acceptors (Lipinski definition) is 6. The molecule has 26 heavy (non-hydrogen) atoms. The monoisotopic (exact) mass is 360 g/mol. The van der Waals surface area contributed by atoms with E-state index in [9.17, 15) is 14.7 Å². The number of amides is 2. The second kappa shape index (κ2) is 6.55. The average molecular weight is 360 g/mol. The third kappa shape index (κ3) is 2.57. The molecule has 2 amide bonds. The summed E-state index contributed by atoms with van der Waals surface area (Å²) in [5.74, 6) is -0.593. The SMILES string of the molecule is COc1ccc(C2C3C(=O)N(C4CCCCC4)C(=O)C3ON2C)cc1O. The van der Waals surface area contributed by atoms with Gasteiger partial charge in [0.2, 0.25) is 5.91 Å². The van der Waals surface area contributed by atoms with Gasteiger partial charge in [-0.25, -0.2) is 0 Å². The van der Waals surface area contributed by atoms with Gasteiger partial charge in [-0.1, -0.05) is 25.3 Å². The smallest absolute Gasteiger partial charge is 0.261 e. The van der Waals surface area contributed by atoms with Crippen LogP contribution in [0.4, 0.5) is 0 Å². The molecule has 3 atom stereocenters. The van der Waals surface area contributed by atoms with Gasteiger partial charge in [0, 0.05) is 13.1 Å². The average Bonchev–Trinajstić information content (AvgIpc) is 3.10. The number of carbonyl (C=O) groups is 2. The first kappa shape index (κ1) is 17.3. The van der Waals surface area contributed by atoms with Crippen molar-refractivity contribution in [1.82, 2.24) is 9.96 Å². The molecule has 0 spiro atoms. The fourth-order valence-electron chi connectivity index (χ4n) is 4.58. The summed E-state index contributed by atoms with van der Waals surface area (Å²) >= 11 is 0. The van der Waals surface area contributed by atoms with Crippen LogP contribution >= 0.6 is 0 Å². The minimum atomic E-state index is -0.774. The number of likely N-dealkylation sites (tertiary alicyclic amines) is 1. The van der Waals surface area contributed by atoms with Crippen molar-refractivity contribution < 1.29 is 24.3 Å². The minimum Gasteiger partial charge on any atom is -0.504 e. The summed E-state index contributed by atoms with van der Waals surface area (Å²) in [6.07, 6.45) is 4.23. The molecule has 1 aliphatic carbocycles. The number of ether oxygens (including phenoxy) is 1. The lowest BCUT2D eigenvalue weighted by Crippen LogP contribution is -2.44. The number of hydrogen-bond donors (Lipinski definition) is 1. The molecule has 1 saturated carbocycles. The number of fused-ring (bicyclic) bond motifs is 1. The van der Waals surface area contributed by atoms with Crippen molar-refractivity contribution in [1.29, 1.82) is 0 Å². The number of benzene rings is 1. The zero-order chi connectivity index (χ0) is 18.4. The maximum atomic E-state index is 13.1. The number of nitrogens with zero attached hydrogens (tertiary/aromatic N) is 2. The van der Waals surface area contributed by atoms with Crippen LogP contribution in [-0.4, -0.2) is 53.2 Å². The van der Waals surface area contributed by atoms with E-state index in [0.717, 1.165) is 37.7 Å². The van der Waals surface area contributed by atoms with Gasteiger partial charge in [-0.3, -0.25) is 19.3 Å². The van der Waals surface area contributed by atoms with Gasteiger partial charge in [-0.15, -0.1) is 0 Å². The van der Waals surface area contributed by atoms with E-state index in [1.54, 1.807) is 30.3 Å². The summed E-state index contributed by atoms with van der Waals surface area (Å²) in [6, 6.07) is 4.61. The van der Waals surface area contributed by atoms with Crippen LogP contribution < -0.4 is 4.74 Å². The maximum absolute atomic E-state index is 13.1. The predicted molar refractivity (Wildman–Crippen MR) is 92.3 cm³/mol. The number of phenolic OH excluding ortho intramolecular Hbond substituents is 1. The number of phenols is 1. The first-order valence-electron chi connectivity index (χ1n) is 9.16. The van der Waals surface area contributed by atoms with E-state index in [1.807, 2.05) is 0 Å². The van der Waals surface area contributed by atoms with Crippen LogP contribution in [0.5, 0.6) is 11.5 Å². The fourth-order valence-corrected chi connectivity index (χ4v) is 4.58. The fraction of sp³-hybridized carbons (Fsp3) is 0.579. The van der Waals surface area contributed by atoms with Crippen molar-refractivity contribution in [3.8, 4) is 11.5 Å². The molecule has 2 heterocycles. The normalized spacial score (nSPS) is 30.1. The number of rotatable bonds is 3. The molecule has 0 aromatic heterocycles. The van der Waals surface area contributed by atoms with E-state index in [1.165, 1.54) is 12.0 Å².